The summed E-state index contributed by atoms with van der Waals surface area (Å²) in [6, 6.07) is 6.38. The van der Waals surface area contributed by atoms with Crippen LogP contribution in [-0.4, -0.2) is 40.9 Å². The summed E-state index contributed by atoms with van der Waals surface area (Å²) in [4.78, 5) is 45.4. The summed E-state index contributed by atoms with van der Waals surface area (Å²) in [5.74, 6) is -3.52. The fraction of sp³-hybridized carbons (Fsp3) is 0.375. The van der Waals surface area contributed by atoms with E-state index in [9.17, 15) is 19.2 Å². The van der Waals surface area contributed by atoms with Crippen molar-refractivity contribution in [2.24, 2.45) is 11.5 Å². The Balaban J connectivity index is 2.44. The van der Waals surface area contributed by atoms with Crippen LogP contribution in [0.3, 0.4) is 0 Å². The van der Waals surface area contributed by atoms with E-state index >= 15 is 0 Å². The van der Waals surface area contributed by atoms with E-state index in [1.165, 1.54) is 0 Å². The molecule has 0 heterocycles. The number of hydrogen-bond acceptors (Lipinski definition) is 6. The van der Waals surface area contributed by atoms with Crippen LogP contribution in [0.2, 0.25) is 0 Å². The first-order valence-corrected chi connectivity index (χ1v) is 7.56. The number of nitrogens with one attached hydrogen (secondary N) is 1. The number of carboxylic acids is 1. The molecule has 0 aromatic heterocycles. The lowest BCUT2D eigenvalue weighted by Gasteiger charge is -2.17. The number of esters is 1. The maximum Gasteiger partial charge on any atom is 0.326 e. The van der Waals surface area contributed by atoms with Crippen molar-refractivity contribution in [1.29, 1.82) is 0 Å². The second-order valence-corrected chi connectivity index (χ2v) is 5.36. The van der Waals surface area contributed by atoms with Crippen LogP contribution in [0.1, 0.15) is 24.8 Å². The molecular weight excluding hydrogens is 330 g/mol. The SMILES string of the molecule is NC(=O)CC[C@H](NC(=O)[C@@H](N)CC(=O)OCc1ccccc1)C(=O)O. The molecule has 0 aliphatic heterocycles. The minimum atomic E-state index is -1.33. The molecule has 1 aromatic carbocycles. The first-order valence-electron chi connectivity index (χ1n) is 7.56. The van der Waals surface area contributed by atoms with Gasteiger partial charge < -0.3 is 26.6 Å². The largest absolute Gasteiger partial charge is 0.480 e. The quantitative estimate of drug-likeness (QED) is 0.404. The Morgan fingerprint density at radius 3 is 2.36 bits per heavy atom. The predicted molar refractivity (Wildman–Crippen MR) is 86.8 cm³/mol. The number of ether oxygens (including phenoxy) is 1. The van der Waals surface area contributed by atoms with Gasteiger partial charge in [0.05, 0.1) is 12.5 Å². The molecular formula is C16H21N3O6. The molecule has 0 saturated carbocycles. The van der Waals surface area contributed by atoms with Crippen LogP contribution >= 0.6 is 0 Å². The van der Waals surface area contributed by atoms with Gasteiger partial charge in [-0.2, -0.15) is 0 Å². The van der Waals surface area contributed by atoms with Crippen molar-refractivity contribution >= 4 is 23.8 Å². The number of primary amides is 1. The number of carbonyl (C=O) groups excluding carboxylic acids is 3. The molecule has 9 heteroatoms. The van der Waals surface area contributed by atoms with Crippen molar-refractivity contribution in [3.63, 3.8) is 0 Å². The van der Waals surface area contributed by atoms with E-state index in [1.54, 1.807) is 24.3 Å². The number of carbonyl (C=O) groups is 4. The van der Waals surface area contributed by atoms with Crippen LogP contribution in [0, 0.1) is 0 Å². The van der Waals surface area contributed by atoms with E-state index in [2.05, 4.69) is 5.32 Å². The number of amides is 2. The van der Waals surface area contributed by atoms with Crippen molar-refractivity contribution in [3.8, 4) is 0 Å². The van der Waals surface area contributed by atoms with Gasteiger partial charge in [-0.3, -0.25) is 14.4 Å². The summed E-state index contributed by atoms with van der Waals surface area (Å²) in [5, 5.41) is 11.2. The van der Waals surface area contributed by atoms with Gasteiger partial charge in [0.25, 0.3) is 0 Å². The average molecular weight is 351 g/mol. The third-order valence-electron chi connectivity index (χ3n) is 3.26. The van der Waals surface area contributed by atoms with Gasteiger partial charge in [0.15, 0.2) is 0 Å². The Hall–Kier alpha value is -2.94. The van der Waals surface area contributed by atoms with Gasteiger partial charge in [-0.25, -0.2) is 4.79 Å². The molecule has 1 aromatic rings. The highest BCUT2D eigenvalue weighted by Crippen LogP contribution is 2.03. The first kappa shape index (κ1) is 20.1. The van der Waals surface area contributed by atoms with Gasteiger partial charge in [0, 0.05) is 6.42 Å². The fourth-order valence-electron chi connectivity index (χ4n) is 1.89. The monoisotopic (exact) mass is 351 g/mol. The van der Waals surface area contributed by atoms with E-state index < -0.39 is 42.3 Å². The Labute approximate surface area is 144 Å². The summed E-state index contributed by atoms with van der Waals surface area (Å²) >= 11 is 0. The van der Waals surface area contributed by atoms with Crippen molar-refractivity contribution in [1.82, 2.24) is 5.32 Å². The first-order chi connectivity index (χ1) is 11.8. The van der Waals surface area contributed by atoms with Gasteiger partial charge in [0.2, 0.25) is 11.8 Å². The summed E-state index contributed by atoms with van der Waals surface area (Å²) in [5.41, 5.74) is 11.3. The standard InChI is InChI=1S/C16H21N3O6/c17-11(8-14(21)25-9-10-4-2-1-3-5-10)15(22)19-12(16(23)24)6-7-13(18)20/h1-5,11-12H,6-9,17H2,(H2,18,20)(H,19,22)(H,23,24)/t11-,12-/m0/s1. The third-order valence-corrected chi connectivity index (χ3v) is 3.26. The molecule has 0 unspecified atom stereocenters. The lowest BCUT2D eigenvalue weighted by atomic mass is 10.1. The van der Waals surface area contributed by atoms with Crippen LogP contribution in [-0.2, 0) is 30.5 Å². The number of hydrogen-bond donors (Lipinski definition) is 4. The van der Waals surface area contributed by atoms with E-state index in [-0.39, 0.29) is 19.4 Å². The average Bonchev–Trinajstić information content (AvgIpc) is 2.56. The molecule has 2 amide bonds. The van der Waals surface area contributed by atoms with E-state index in [1.807, 2.05) is 6.07 Å². The smallest absolute Gasteiger partial charge is 0.326 e. The second-order valence-electron chi connectivity index (χ2n) is 5.36. The summed E-state index contributed by atoms with van der Waals surface area (Å²) in [6.07, 6.45) is -0.770. The van der Waals surface area contributed by atoms with E-state index in [0.717, 1.165) is 5.56 Å². The van der Waals surface area contributed by atoms with E-state index in [0.29, 0.717) is 0 Å². The predicted octanol–water partition coefficient (Wildman–Crippen LogP) is -0.718. The third kappa shape index (κ3) is 7.93. The minimum absolute atomic E-state index is 0.0460. The van der Waals surface area contributed by atoms with Gasteiger partial charge in [-0.05, 0) is 12.0 Å². The van der Waals surface area contributed by atoms with Crippen molar-refractivity contribution in [2.45, 2.75) is 38.0 Å². The molecule has 0 spiro atoms. The van der Waals surface area contributed by atoms with E-state index in [4.69, 9.17) is 21.3 Å². The van der Waals surface area contributed by atoms with Crippen molar-refractivity contribution in [3.05, 3.63) is 35.9 Å². The van der Waals surface area contributed by atoms with Crippen LogP contribution in [0.25, 0.3) is 0 Å². The van der Waals surface area contributed by atoms with Crippen LogP contribution in [0.5, 0.6) is 0 Å². The molecule has 0 fully saturated rings. The number of nitrogens with two attached hydrogens (primary N) is 2. The minimum Gasteiger partial charge on any atom is -0.480 e. The molecule has 0 saturated heterocycles. The Morgan fingerprint density at radius 2 is 1.80 bits per heavy atom. The van der Waals surface area contributed by atoms with Crippen LogP contribution in [0.15, 0.2) is 30.3 Å². The molecule has 0 radical (unpaired) electrons. The lowest BCUT2D eigenvalue weighted by Crippen LogP contribution is -2.49. The molecule has 2 atom stereocenters. The van der Waals surface area contributed by atoms with Gasteiger partial charge >= 0.3 is 11.9 Å². The Kier molecular flexibility index (Phi) is 8.07. The highest BCUT2D eigenvalue weighted by Gasteiger charge is 2.25. The van der Waals surface area contributed by atoms with Crippen LogP contribution in [0.4, 0.5) is 0 Å². The molecule has 0 aliphatic rings. The maximum absolute atomic E-state index is 11.9. The number of carboxylic acid groups (broad SMARTS) is 1. The molecule has 25 heavy (non-hydrogen) atoms. The number of rotatable bonds is 10. The normalized spacial score (nSPS) is 12.7. The molecule has 0 bridgehead atoms. The molecule has 0 aliphatic carbocycles. The molecule has 9 nitrogen and oxygen atoms in total. The molecule has 1 rings (SSSR count). The topological polar surface area (TPSA) is 162 Å². The van der Waals surface area contributed by atoms with Crippen LogP contribution < -0.4 is 16.8 Å². The fourth-order valence-corrected chi connectivity index (χ4v) is 1.89. The highest BCUT2D eigenvalue weighted by molar-refractivity contribution is 5.89. The zero-order valence-electron chi connectivity index (χ0n) is 13.5. The van der Waals surface area contributed by atoms with Gasteiger partial charge in [-0.1, -0.05) is 30.3 Å². The van der Waals surface area contributed by atoms with Gasteiger partial charge in [0.1, 0.15) is 12.6 Å². The van der Waals surface area contributed by atoms with Gasteiger partial charge in [-0.15, -0.1) is 0 Å². The summed E-state index contributed by atoms with van der Waals surface area (Å²) < 4.78 is 5.00. The number of benzene rings is 1. The summed E-state index contributed by atoms with van der Waals surface area (Å²) in [7, 11) is 0. The zero-order valence-corrected chi connectivity index (χ0v) is 13.5. The molecule has 136 valence electrons. The maximum atomic E-state index is 11.9. The zero-order chi connectivity index (χ0) is 18.8. The molecule has 6 N–H and O–H groups in total. The van der Waals surface area contributed by atoms with Crippen molar-refractivity contribution in [2.75, 3.05) is 0 Å². The Bertz CT molecular complexity index is 620. The lowest BCUT2D eigenvalue weighted by molar-refractivity contribution is -0.147. The Morgan fingerprint density at radius 1 is 1.16 bits per heavy atom. The highest BCUT2D eigenvalue weighted by atomic mass is 16.5. The number of aliphatic carboxylic acids is 1. The van der Waals surface area contributed by atoms with Crippen molar-refractivity contribution < 1.29 is 29.0 Å². The summed E-state index contributed by atoms with van der Waals surface area (Å²) in [6.45, 7) is 0.0460. The second kappa shape index (κ2) is 10.0.